The SMILES string of the molecule is COc1cc2[nH]cc(C(=O)NCc3ccccc3F)c2c(OC)c1OC. The number of carbonyl (C=O) groups excluding carboxylic acids is 1. The molecule has 7 heteroatoms. The van der Waals surface area contributed by atoms with Crippen molar-refractivity contribution < 1.29 is 23.4 Å². The van der Waals surface area contributed by atoms with Gasteiger partial charge in [0.25, 0.3) is 5.91 Å². The van der Waals surface area contributed by atoms with Gasteiger partial charge in [-0.2, -0.15) is 0 Å². The van der Waals surface area contributed by atoms with Gasteiger partial charge in [-0.1, -0.05) is 18.2 Å². The van der Waals surface area contributed by atoms with E-state index in [9.17, 15) is 9.18 Å². The van der Waals surface area contributed by atoms with Crippen LogP contribution in [0.3, 0.4) is 0 Å². The largest absolute Gasteiger partial charge is 0.493 e. The van der Waals surface area contributed by atoms with Crippen molar-refractivity contribution in [1.82, 2.24) is 10.3 Å². The normalized spacial score (nSPS) is 10.6. The lowest BCUT2D eigenvalue weighted by Crippen LogP contribution is -2.23. The Morgan fingerprint density at radius 1 is 1.12 bits per heavy atom. The molecule has 0 radical (unpaired) electrons. The Morgan fingerprint density at radius 3 is 2.50 bits per heavy atom. The highest BCUT2D eigenvalue weighted by molar-refractivity contribution is 6.10. The number of carbonyl (C=O) groups is 1. The first-order valence-electron chi connectivity index (χ1n) is 7.92. The molecule has 2 N–H and O–H groups in total. The number of methoxy groups -OCH3 is 3. The molecule has 3 aromatic rings. The number of rotatable bonds is 6. The molecule has 1 amide bonds. The first-order chi connectivity index (χ1) is 12.6. The number of aromatic amines is 1. The van der Waals surface area contributed by atoms with Gasteiger partial charge in [-0.05, 0) is 6.07 Å². The minimum absolute atomic E-state index is 0.0772. The number of nitrogens with one attached hydrogen (secondary N) is 2. The van der Waals surface area contributed by atoms with Crippen molar-refractivity contribution in [3.05, 3.63) is 53.5 Å². The van der Waals surface area contributed by atoms with E-state index >= 15 is 0 Å². The highest BCUT2D eigenvalue weighted by Crippen LogP contribution is 2.44. The minimum Gasteiger partial charge on any atom is -0.493 e. The van der Waals surface area contributed by atoms with Gasteiger partial charge in [-0.25, -0.2) is 4.39 Å². The van der Waals surface area contributed by atoms with Crippen molar-refractivity contribution in [2.75, 3.05) is 21.3 Å². The summed E-state index contributed by atoms with van der Waals surface area (Å²) in [6.07, 6.45) is 1.57. The Hall–Kier alpha value is -3.22. The fourth-order valence-corrected chi connectivity index (χ4v) is 2.85. The van der Waals surface area contributed by atoms with Crippen LogP contribution in [0.5, 0.6) is 17.2 Å². The molecule has 26 heavy (non-hydrogen) atoms. The van der Waals surface area contributed by atoms with Crippen LogP contribution in [-0.2, 0) is 6.54 Å². The van der Waals surface area contributed by atoms with Gasteiger partial charge in [0.1, 0.15) is 5.82 Å². The van der Waals surface area contributed by atoms with E-state index in [1.54, 1.807) is 30.5 Å². The maximum Gasteiger partial charge on any atom is 0.253 e. The van der Waals surface area contributed by atoms with Gasteiger partial charge in [0.2, 0.25) is 5.75 Å². The Morgan fingerprint density at radius 2 is 1.85 bits per heavy atom. The summed E-state index contributed by atoms with van der Waals surface area (Å²) < 4.78 is 29.9. The zero-order chi connectivity index (χ0) is 18.7. The third-order valence-electron chi connectivity index (χ3n) is 4.11. The smallest absolute Gasteiger partial charge is 0.253 e. The van der Waals surface area contributed by atoms with Crippen molar-refractivity contribution >= 4 is 16.8 Å². The molecule has 0 aliphatic heterocycles. The second-order valence-electron chi connectivity index (χ2n) is 5.54. The summed E-state index contributed by atoms with van der Waals surface area (Å²) in [5.41, 5.74) is 1.44. The van der Waals surface area contributed by atoms with E-state index < -0.39 is 0 Å². The molecular formula is C19H19FN2O4. The first-order valence-corrected chi connectivity index (χ1v) is 7.92. The molecule has 1 aromatic heterocycles. The van der Waals surface area contributed by atoms with E-state index in [0.29, 0.717) is 39.3 Å². The second-order valence-corrected chi connectivity index (χ2v) is 5.54. The summed E-state index contributed by atoms with van der Waals surface area (Å²) in [6.45, 7) is 0.0772. The number of amides is 1. The van der Waals surface area contributed by atoms with Crippen molar-refractivity contribution in [2.45, 2.75) is 6.54 Å². The number of aromatic nitrogens is 1. The van der Waals surface area contributed by atoms with Gasteiger partial charge < -0.3 is 24.5 Å². The average molecular weight is 358 g/mol. The second kappa shape index (κ2) is 7.35. The van der Waals surface area contributed by atoms with Crippen molar-refractivity contribution in [3.8, 4) is 17.2 Å². The number of hydrogen-bond acceptors (Lipinski definition) is 4. The molecule has 136 valence electrons. The molecule has 0 bridgehead atoms. The van der Waals surface area contributed by atoms with Gasteiger partial charge >= 0.3 is 0 Å². The molecule has 3 rings (SSSR count). The predicted molar refractivity (Wildman–Crippen MR) is 95.5 cm³/mol. The number of H-pyrrole nitrogens is 1. The molecule has 0 fully saturated rings. The van der Waals surface area contributed by atoms with Gasteiger partial charge in [0, 0.05) is 24.4 Å². The molecule has 0 aliphatic carbocycles. The molecule has 0 atom stereocenters. The minimum atomic E-state index is -0.365. The molecule has 1 heterocycles. The molecule has 0 saturated carbocycles. The number of fused-ring (bicyclic) bond motifs is 1. The molecule has 0 unspecified atom stereocenters. The third kappa shape index (κ3) is 3.03. The Bertz CT molecular complexity index is 952. The lowest BCUT2D eigenvalue weighted by Gasteiger charge is -2.14. The molecular weight excluding hydrogens is 339 g/mol. The van der Waals surface area contributed by atoms with E-state index in [0.717, 1.165) is 0 Å². The summed E-state index contributed by atoms with van der Waals surface area (Å²) >= 11 is 0. The third-order valence-corrected chi connectivity index (χ3v) is 4.11. The standard InChI is InChI=1S/C19H19FN2O4/c1-24-15-8-14-16(18(26-3)17(15)25-2)12(10-21-14)19(23)22-9-11-6-4-5-7-13(11)20/h4-8,10,21H,9H2,1-3H3,(H,22,23). The lowest BCUT2D eigenvalue weighted by atomic mass is 10.1. The fourth-order valence-electron chi connectivity index (χ4n) is 2.85. The van der Waals surface area contributed by atoms with Crippen LogP contribution in [0, 0.1) is 5.82 Å². The summed E-state index contributed by atoms with van der Waals surface area (Å²) in [4.78, 5) is 15.7. The summed E-state index contributed by atoms with van der Waals surface area (Å²) in [6, 6.07) is 8.03. The van der Waals surface area contributed by atoms with Crippen LogP contribution in [-0.4, -0.2) is 32.2 Å². The molecule has 0 saturated heterocycles. The Labute approximate surface area is 149 Å². The van der Waals surface area contributed by atoms with E-state index in [4.69, 9.17) is 14.2 Å². The highest BCUT2D eigenvalue weighted by Gasteiger charge is 2.22. The number of hydrogen-bond donors (Lipinski definition) is 2. The Kier molecular flexibility index (Phi) is 4.97. The number of benzene rings is 2. The van der Waals surface area contributed by atoms with Crippen molar-refractivity contribution in [1.29, 1.82) is 0 Å². The van der Waals surface area contributed by atoms with Gasteiger partial charge in [0.05, 0.1) is 37.8 Å². The topological polar surface area (TPSA) is 72.6 Å². The molecule has 0 aliphatic rings. The maximum absolute atomic E-state index is 13.7. The summed E-state index contributed by atoms with van der Waals surface area (Å²) in [7, 11) is 4.51. The van der Waals surface area contributed by atoms with Crippen LogP contribution in [0.15, 0.2) is 36.5 Å². The summed E-state index contributed by atoms with van der Waals surface area (Å²) in [5.74, 6) is 0.544. The molecule has 6 nitrogen and oxygen atoms in total. The predicted octanol–water partition coefficient (Wildman–Crippen LogP) is 3.26. The molecule has 0 spiro atoms. The quantitative estimate of drug-likeness (QED) is 0.709. The summed E-state index contributed by atoms with van der Waals surface area (Å²) in [5, 5.41) is 3.29. The van der Waals surface area contributed by atoms with Crippen LogP contribution in [0.25, 0.3) is 10.9 Å². The van der Waals surface area contributed by atoms with Crippen LogP contribution in [0.1, 0.15) is 15.9 Å². The average Bonchev–Trinajstić information content (AvgIpc) is 3.09. The van der Waals surface area contributed by atoms with E-state index in [1.165, 1.54) is 27.4 Å². The van der Waals surface area contributed by atoms with Crippen molar-refractivity contribution in [2.24, 2.45) is 0 Å². The zero-order valence-corrected chi connectivity index (χ0v) is 14.7. The van der Waals surface area contributed by atoms with E-state index in [-0.39, 0.29) is 18.3 Å². The van der Waals surface area contributed by atoms with Crippen LogP contribution in [0.2, 0.25) is 0 Å². The van der Waals surface area contributed by atoms with E-state index in [2.05, 4.69) is 10.3 Å². The Balaban J connectivity index is 1.97. The maximum atomic E-state index is 13.7. The van der Waals surface area contributed by atoms with Crippen LogP contribution < -0.4 is 19.5 Å². The van der Waals surface area contributed by atoms with Crippen LogP contribution >= 0.6 is 0 Å². The van der Waals surface area contributed by atoms with E-state index in [1.807, 2.05) is 0 Å². The zero-order valence-electron chi connectivity index (χ0n) is 14.7. The fraction of sp³-hybridized carbons (Fsp3) is 0.211. The van der Waals surface area contributed by atoms with Crippen LogP contribution in [0.4, 0.5) is 4.39 Å². The number of ether oxygens (including phenoxy) is 3. The molecule has 2 aromatic carbocycles. The lowest BCUT2D eigenvalue weighted by molar-refractivity contribution is 0.0952. The van der Waals surface area contributed by atoms with Gasteiger partial charge in [-0.15, -0.1) is 0 Å². The monoisotopic (exact) mass is 358 g/mol. The highest BCUT2D eigenvalue weighted by atomic mass is 19.1. The first kappa shape index (κ1) is 17.6. The number of halogens is 1. The van der Waals surface area contributed by atoms with Gasteiger partial charge in [-0.3, -0.25) is 4.79 Å². The van der Waals surface area contributed by atoms with Gasteiger partial charge in [0.15, 0.2) is 11.5 Å². The van der Waals surface area contributed by atoms with Crippen molar-refractivity contribution in [3.63, 3.8) is 0 Å².